The standard InChI is InChI=1S/C15H28N2O3/c1-2-11(9-10-16)3-8-14(18)17-13-6-4-12(5-7-13)15(19)20/h11-13H,2-10,16H2,1H3,(H,17,18)(H,19,20). The molecule has 1 saturated carbocycles. The molecule has 1 amide bonds. The van der Waals surface area contributed by atoms with Gasteiger partial charge in [-0.2, -0.15) is 0 Å². The maximum atomic E-state index is 11.9. The molecule has 0 heterocycles. The molecule has 0 aromatic rings. The highest BCUT2D eigenvalue weighted by atomic mass is 16.4. The van der Waals surface area contributed by atoms with Gasteiger partial charge in [-0.1, -0.05) is 13.3 Å². The first-order chi connectivity index (χ1) is 9.56. The van der Waals surface area contributed by atoms with Crippen LogP contribution in [0.2, 0.25) is 0 Å². The van der Waals surface area contributed by atoms with E-state index in [2.05, 4.69) is 12.2 Å². The highest BCUT2D eigenvalue weighted by Crippen LogP contribution is 2.24. The maximum absolute atomic E-state index is 11.9. The van der Waals surface area contributed by atoms with Gasteiger partial charge in [0, 0.05) is 12.5 Å². The monoisotopic (exact) mass is 284 g/mol. The molecular weight excluding hydrogens is 256 g/mol. The molecule has 0 spiro atoms. The smallest absolute Gasteiger partial charge is 0.306 e. The van der Waals surface area contributed by atoms with Crippen molar-refractivity contribution in [1.82, 2.24) is 5.32 Å². The second-order valence-corrected chi connectivity index (χ2v) is 5.84. The van der Waals surface area contributed by atoms with Crippen molar-refractivity contribution in [2.75, 3.05) is 6.54 Å². The fourth-order valence-electron chi connectivity index (χ4n) is 2.91. The van der Waals surface area contributed by atoms with Crippen molar-refractivity contribution in [2.24, 2.45) is 17.6 Å². The van der Waals surface area contributed by atoms with Gasteiger partial charge >= 0.3 is 5.97 Å². The summed E-state index contributed by atoms with van der Waals surface area (Å²) in [5.41, 5.74) is 5.55. The third-order valence-corrected chi connectivity index (χ3v) is 4.37. The van der Waals surface area contributed by atoms with E-state index >= 15 is 0 Å². The zero-order valence-corrected chi connectivity index (χ0v) is 12.4. The average molecular weight is 284 g/mol. The quantitative estimate of drug-likeness (QED) is 0.634. The Morgan fingerprint density at radius 1 is 1.25 bits per heavy atom. The van der Waals surface area contributed by atoms with Gasteiger partial charge in [0.15, 0.2) is 0 Å². The van der Waals surface area contributed by atoms with Crippen molar-refractivity contribution in [1.29, 1.82) is 0 Å². The van der Waals surface area contributed by atoms with Crippen LogP contribution in [0.4, 0.5) is 0 Å². The summed E-state index contributed by atoms with van der Waals surface area (Å²) >= 11 is 0. The van der Waals surface area contributed by atoms with E-state index in [0.717, 1.165) is 32.1 Å². The van der Waals surface area contributed by atoms with E-state index in [9.17, 15) is 9.59 Å². The predicted molar refractivity (Wildman–Crippen MR) is 78.2 cm³/mol. The second kappa shape index (κ2) is 8.95. The number of aliphatic carboxylic acids is 1. The number of carbonyl (C=O) groups excluding carboxylic acids is 1. The van der Waals surface area contributed by atoms with Crippen molar-refractivity contribution >= 4 is 11.9 Å². The first-order valence-corrected chi connectivity index (χ1v) is 7.79. The summed E-state index contributed by atoms with van der Waals surface area (Å²) in [5.74, 6) is -0.299. The molecule has 1 aliphatic carbocycles. The summed E-state index contributed by atoms with van der Waals surface area (Å²) in [6.45, 7) is 2.81. The Balaban J connectivity index is 2.21. The zero-order valence-electron chi connectivity index (χ0n) is 12.4. The van der Waals surface area contributed by atoms with Crippen LogP contribution in [0.3, 0.4) is 0 Å². The van der Waals surface area contributed by atoms with Gasteiger partial charge in [-0.3, -0.25) is 9.59 Å². The van der Waals surface area contributed by atoms with Crippen molar-refractivity contribution in [3.8, 4) is 0 Å². The Hall–Kier alpha value is -1.10. The van der Waals surface area contributed by atoms with Crippen LogP contribution in [0, 0.1) is 11.8 Å². The highest BCUT2D eigenvalue weighted by molar-refractivity contribution is 5.76. The summed E-state index contributed by atoms with van der Waals surface area (Å²) in [6.07, 6.45) is 6.39. The van der Waals surface area contributed by atoms with Crippen molar-refractivity contribution in [3.05, 3.63) is 0 Å². The summed E-state index contributed by atoms with van der Waals surface area (Å²) in [5, 5.41) is 12.0. The summed E-state index contributed by atoms with van der Waals surface area (Å²) in [4.78, 5) is 22.8. The van der Waals surface area contributed by atoms with Crippen LogP contribution in [0.25, 0.3) is 0 Å². The van der Waals surface area contributed by atoms with Gasteiger partial charge in [0.2, 0.25) is 5.91 Å². The minimum atomic E-state index is -0.706. The molecule has 0 aromatic carbocycles. The Labute approximate surface area is 121 Å². The molecule has 5 heteroatoms. The van der Waals surface area contributed by atoms with Crippen LogP contribution in [0.1, 0.15) is 58.3 Å². The molecule has 20 heavy (non-hydrogen) atoms. The van der Waals surface area contributed by atoms with Gasteiger partial charge in [0.05, 0.1) is 5.92 Å². The van der Waals surface area contributed by atoms with Gasteiger partial charge in [0.1, 0.15) is 0 Å². The molecule has 0 aliphatic heterocycles. The van der Waals surface area contributed by atoms with Gasteiger partial charge in [-0.15, -0.1) is 0 Å². The van der Waals surface area contributed by atoms with E-state index in [1.54, 1.807) is 0 Å². The Morgan fingerprint density at radius 2 is 1.90 bits per heavy atom. The number of carboxylic acids is 1. The van der Waals surface area contributed by atoms with Crippen molar-refractivity contribution < 1.29 is 14.7 Å². The van der Waals surface area contributed by atoms with E-state index in [1.165, 1.54) is 0 Å². The van der Waals surface area contributed by atoms with Gasteiger partial charge in [0.25, 0.3) is 0 Å². The maximum Gasteiger partial charge on any atom is 0.306 e. The molecule has 1 aliphatic rings. The highest BCUT2D eigenvalue weighted by Gasteiger charge is 2.26. The SMILES string of the molecule is CCC(CCN)CCC(=O)NC1CCC(C(=O)O)CC1. The first-order valence-electron chi connectivity index (χ1n) is 7.79. The molecule has 0 bridgehead atoms. The van der Waals surface area contributed by atoms with Crippen LogP contribution in [0.15, 0.2) is 0 Å². The van der Waals surface area contributed by atoms with Crippen LogP contribution >= 0.6 is 0 Å². The molecule has 0 saturated heterocycles. The summed E-state index contributed by atoms with van der Waals surface area (Å²) < 4.78 is 0. The number of carboxylic acid groups (broad SMARTS) is 1. The number of amides is 1. The fraction of sp³-hybridized carbons (Fsp3) is 0.867. The van der Waals surface area contributed by atoms with Gasteiger partial charge < -0.3 is 16.2 Å². The lowest BCUT2D eigenvalue weighted by Gasteiger charge is -2.27. The predicted octanol–water partition coefficient (Wildman–Crippen LogP) is 1.90. The summed E-state index contributed by atoms with van der Waals surface area (Å²) in [6, 6.07) is 0.160. The van der Waals surface area contributed by atoms with E-state index in [-0.39, 0.29) is 17.9 Å². The lowest BCUT2D eigenvalue weighted by Crippen LogP contribution is -2.38. The van der Waals surface area contributed by atoms with Crippen molar-refractivity contribution in [2.45, 2.75) is 64.3 Å². The van der Waals surface area contributed by atoms with Crippen molar-refractivity contribution in [3.63, 3.8) is 0 Å². The average Bonchev–Trinajstić information content (AvgIpc) is 2.44. The third kappa shape index (κ3) is 5.90. The number of carbonyl (C=O) groups is 2. The molecule has 0 aromatic heterocycles. The van der Waals surface area contributed by atoms with Crippen LogP contribution in [-0.2, 0) is 9.59 Å². The van der Waals surface area contributed by atoms with E-state index < -0.39 is 5.97 Å². The number of nitrogens with one attached hydrogen (secondary N) is 1. The lowest BCUT2D eigenvalue weighted by molar-refractivity contribution is -0.142. The molecule has 1 fully saturated rings. The van der Waals surface area contributed by atoms with Crippen LogP contribution in [-0.4, -0.2) is 29.6 Å². The number of hydrogen-bond acceptors (Lipinski definition) is 3. The number of nitrogens with two attached hydrogens (primary N) is 1. The Bertz CT molecular complexity index is 312. The lowest BCUT2D eigenvalue weighted by atomic mass is 9.86. The normalized spacial score (nSPS) is 24.1. The van der Waals surface area contributed by atoms with Crippen LogP contribution < -0.4 is 11.1 Å². The van der Waals surface area contributed by atoms with E-state index in [4.69, 9.17) is 10.8 Å². The fourth-order valence-corrected chi connectivity index (χ4v) is 2.91. The van der Waals surface area contributed by atoms with Crippen LogP contribution in [0.5, 0.6) is 0 Å². The molecule has 1 unspecified atom stereocenters. The van der Waals surface area contributed by atoms with E-state index in [0.29, 0.717) is 31.7 Å². The van der Waals surface area contributed by atoms with Gasteiger partial charge in [-0.05, 0) is 51.0 Å². The number of hydrogen-bond donors (Lipinski definition) is 3. The molecule has 4 N–H and O–H groups in total. The molecule has 5 nitrogen and oxygen atoms in total. The molecule has 0 radical (unpaired) electrons. The minimum absolute atomic E-state index is 0.0965. The Morgan fingerprint density at radius 3 is 2.40 bits per heavy atom. The summed E-state index contributed by atoms with van der Waals surface area (Å²) in [7, 11) is 0. The van der Waals surface area contributed by atoms with Gasteiger partial charge in [-0.25, -0.2) is 0 Å². The topological polar surface area (TPSA) is 92.4 Å². The number of rotatable bonds is 8. The Kier molecular flexibility index (Phi) is 7.59. The zero-order chi connectivity index (χ0) is 15.0. The molecule has 116 valence electrons. The minimum Gasteiger partial charge on any atom is -0.481 e. The van der Waals surface area contributed by atoms with E-state index in [1.807, 2.05) is 0 Å². The third-order valence-electron chi connectivity index (χ3n) is 4.37. The first kappa shape index (κ1) is 17.0. The molecular formula is C15H28N2O3. The largest absolute Gasteiger partial charge is 0.481 e. The molecule has 1 atom stereocenters. The second-order valence-electron chi connectivity index (χ2n) is 5.84. The molecule has 1 rings (SSSR count).